The van der Waals surface area contributed by atoms with Gasteiger partial charge in [-0.2, -0.15) is 0 Å². The van der Waals surface area contributed by atoms with Gasteiger partial charge in [-0.25, -0.2) is 0 Å². The molecule has 7 heavy (non-hydrogen) atoms. The molecule has 0 bridgehead atoms. The molecule has 0 rings (SSSR count). The highest BCUT2D eigenvalue weighted by Gasteiger charge is -0.108. The van der Waals surface area contributed by atoms with E-state index in [-0.39, 0.29) is 119 Å². The Morgan fingerprint density at radius 3 is 0.143 bits per heavy atom. The molecule has 0 aromatic carbocycles. The molecular weight excluding hydrogens is 559 g/mol. The van der Waals surface area contributed by atoms with Crippen molar-refractivity contribution in [1.82, 2.24) is 0 Å². The fourth-order valence-electron chi connectivity index (χ4n) is 0. The second-order valence-corrected chi connectivity index (χ2v) is 0. The molecule has 0 amide bonds. The molecule has 0 fully saturated rings. The summed E-state index contributed by atoms with van der Waals surface area (Å²) in [5.74, 6) is 0. The lowest BCUT2D eigenvalue weighted by Crippen LogP contribution is 0.845. The average molecular weight is 566 g/mol. The Labute approximate surface area is 117 Å². The summed E-state index contributed by atoms with van der Waals surface area (Å²) in [4.78, 5) is 0. The van der Waals surface area contributed by atoms with Gasteiger partial charge in [0.1, 0.15) is 0 Å². The minimum Gasteiger partial charge on any atom is -0.114 e. The quantitative estimate of drug-likeness (QED) is 0.416. The first-order chi connectivity index (χ1) is 0. The van der Waals surface area contributed by atoms with Crippen molar-refractivity contribution in [2.75, 3.05) is 0 Å². The minimum atomic E-state index is 0. The molecule has 0 saturated heterocycles. The molecule has 0 aromatic heterocycles. The maximum atomic E-state index is 0. The summed E-state index contributed by atoms with van der Waals surface area (Å²) in [6.45, 7) is 0. The first kappa shape index (κ1) is 80.4. The first-order valence-electron chi connectivity index (χ1n) is 0. The lowest BCUT2D eigenvalue weighted by molar-refractivity contribution is 8.93. The maximum absolute atomic E-state index is 0. The fraction of sp³-hybridized carbons (Fsp3) is 0. The van der Waals surface area contributed by atoms with Crippen LogP contribution >= 0.6 is 119 Å². The molecule has 0 heterocycles. The van der Waals surface area contributed by atoms with E-state index in [1.54, 1.807) is 0 Å². The molecule has 56 valence electrons. The molecule has 0 aliphatic heterocycles. The lowest BCUT2D eigenvalue weighted by Gasteiger charge is -0.115. The molecule has 0 saturated carbocycles. The molecule has 0 nitrogen and oxygen atoms in total. The third kappa shape index (κ3) is 44.9. The summed E-state index contributed by atoms with van der Waals surface area (Å²) < 4.78 is 0. The van der Waals surface area contributed by atoms with E-state index in [2.05, 4.69) is 0 Å². The number of hydrogen-bond donors (Lipinski definition) is 0. The highest BCUT2D eigenvalue weighted by Crippen LogP contribution is 0.852. The predicted octanol–water partition coefficient (Wildman–Crippen LogP) is 4.05. The monoisotopic (exact) mass is 559 g/mol. The van der Waals surface area contributed by atoms with Crippen LogP contribution in [-0.2, 0) is 0 Å². The zero-order valence-electron chi connectivity index (χ0n) is 2.86. The maximum Gasteiger partial charge on any atom is -0.114 e. The van der Waals surface area contributed by atoms with E-state index in [1.165, 1.54) is 0 Å². The van der Waals surface area contributed by atoms with Crippen molar-refractivity contribution in [3.05, 3.63) is 0 Å². The summed E-state index contributed by atoms with van der Waals surface area (Å²) >= 11 is 0. The van der Waals surface area contributed by atoms with E-state index in [4.69, 9.17) is 0 Å². The molecule has 0 spiro atoms. The van der Waals surface area contributed by atoms with E-state index < -0.39 is 0 Å². The minimum absolute atomic E-state index is 0. The van der Waals surface area contributed by atoms with Gasteiger partial charge in [0.25, 0.3) is 0 Å². The Morgan fingerprint density at radius 2 is 0.143 bits per heavy atom. The van der Waals surface area contributed by atoms with Gasteiger partial charge >= 0.3 is 0 Å². The van der Waals surface area contributed by atoms with Gasteiger partial charge in [-0.05, 0) is 0 Å². The van der Waals surface area contributed by atoms with Gasteiger partial charge in [0, 0.05) is 0 Å². The summed E-state index contributed by atoms with van der Waals surface area (Å²) in [6, 6.07) is 0. The molecule has 0 aliphatic rings. The second-order valence-electron chi connectivity index (χ2n) is 0. The third-order valence-corrected chi connectivity index (χ3v) is 0. The van der Waals surface area contributed by atoms with Crippen molar-refractivity contribution < 1.29 is 0 Å². The molecule has 0 aliphatic carbocycles. The van der Waals surface area contributed by atoms with Crippen molar-refractivity contribution in [3.8, 4) is 0 Å². The van der Waals surface area contributed by atoms with Gasteiger partial charge in [0.05, 0.1) is 0 Å². The topological polar surface area (TPSA) is 0 Å². The van der Waals surface area contributed by atoms with E-state index in [1.807, 2.05) is 0 Å². The van der Waals surface area contributed by atoms with Gasteiger partial charge in [0.15, 0.2) is 0 Å². The van der Waals surface area contributed by atoms with Gasteiger partial charge in [0.2, 0.25) is 0 Å². The third-order valence-electron chi connectivity index (χ3n) is 0. The Kier molecular flexibility index (Phi) is 665. The SMILES string of the molecule is Br.Br.Br.Br.Br.Br.Br. The Balaban J connectivity index is 0. The molecular formula is H7Br7. The molecule has 0 radical (unpaired) electrons. The average Bonchev–Trinajstić information content (AvgIpc) is 0. The molecule has 0 unspecified atom stereocenters. The van der Waals surface area contributed by atoms with Crippen LogP contribution in [-0.4, -0.2) is 0 Å². The number of rotatable bonds is 0. The largest absolute Gasteiger partial charge is 0.114 e. The van der Waals surface area contributed by atoms with Crippen molar-refractivity contribution in [2.24, 2.45) is 0 Å². The van der Waals surface area contributed by atoms with Crippen LogP contribution in [0.25, 0.3) is 0 Å². The second kappa shape index (κ2) is 57.9. The van der Waals surface area contributed by atoms with E-state index >= 15 is 0 Å². The summed E-state index contributed by atoms with van der Waals surface area (Å²) in [5.41, 5.74) is 0. The van der Waals surface area contributed by atoms with Gasteiger partial charge in [-0.3, -0.25) is 0 Å². The van der Waals surface area contributed by atoms with Crippen LogP contribution in [0.1, 0.15) is 0 Å². The molecule has 0 aromatic rings. The predicted molar refractivity (Wildman–Crippen MR) is 72.3 cm³/mol. The van der Waals surface area contributed by atoms with Crippen molar-refractivity contribution >= 4 is 119 Å². The van der Waals surface area contributed by atoms with E-state index in [9.17, 15) is 0 Å². The van der Waals surface area contributed by atoms with Crippen LogP contribution < -0.4 is 0 Å². The summed E-state index contributed by atoms with van der Waals surface area (Å²) in [6.07, 6.45) is 0. The molecule has 7 heteroatoms. The van der Waals surface area contributed by atoms with Crippen LogP contribution in [0.5, 0.6) is 0 Å². The van der Waals surface area contributed by atoms with Crippen LogP contribution in [0.4, 0.5) is 0 Å². The normalized spacial score (nSPS) is 0. The zero-order valence-corrected chi connectivity index (χ0v) is 14.8. The van der Waals surface area contributed by atoms with Gasteiger partial charge < -0.3 is 0 Å². The lowest BCUT2D eigenvalue weighted by atomic mass is 79.9. The molecule has 0 N–H and O–H groups in total. The molecule has 0 atom stereocenters. The summed E-state index contributed by atoms with van der Waals surface area (Å²) in [7, 11) is 0. The van der Waals surface area contributed by atoms with E-state index in [0.717, 1.165) is 0 Å². The highest BCUT2D eigenvalue weighted by molar-refractivity contribution is 8.93. The van der Waals surface area contributed by atoms with Crippen LogP contribution in [0.2, 0.25) is 0 Å². The van der Waals surface area contributed by atoms with Gasteiger partial charge in [-0.1, -0.05) is 0 Å². The van der Waals surface area contributed by atoms with Crippen LogP contribution in [0, 0.1) is 0 Å². The number of hydrogen-bond acceptors (Lipinski definition) is 0. The first-order valence-corrected chi connectivity index (χ1v) is 0. The number of halogens is 7. The van der Waals surface area contributed by atoms with Crippen LogP contribution in [0.15, 0.2) is 0 Å². The van der Waals surface area contributed by atoms with Crippen molar-refractivity contribution in [1.29, 1.82) is 0 Å². The Hall–Kier alpha value is 3.36. The van der Waals surface area contributed by atoms with Crippen molar-refractivity contribution in [2.45, 2.75) is 0 Å². The van der Waals surface area contributed by atoms with Gasteiger partial charge in [-0.15, -0.1) is 119 Å². The Morgan fingerprint density at radius 1 is 0.143 bits per heavy atom. The fourth-order valence-corrected chi connectivity index (χ4v) is 0. The highest BCUT2D eigenvalue weighted by atomic mass is 79.9. The summed E-state index contributed by atoms with van der Waals surface area (Å²) in [5, 5.41) is 0. The standard InChI is InChI=1S/7BrH/h7*1H. The zero-order chi connectivity index (χ0) is 0. The smallest absolute Gasteiger partial charge is 0.114 e. The van der Waals surface area contributed by atoms with Crippen LogP contribution in [0.3, 0.4) is 0 Å². The van der Waals surface area contributed by atoms with E-state index in [0.29, 0.717) is 0 Å². The van der Waals surface area contributed by atoms with Crippen molar-refractivity contribution in [3.63, 3.8) is 0 Å². The Bertz CT molecular complexity index is 0.